The minimum absolute atomic E-state index is 0.151. The molecule has 1 aromatic carbocycles. The third-order valence-corrected chi connectivity index (χ3v) is 2.73. The van der Waals surface area contributed by atoms with Gasteiger partial charge in [0.15, 0.2) is 5.78 Å². The molecule has 0 saturated carbocycles. The van der Waals surface area contributed by atoms with Gasteiger partial charge in [-0.25, -0.2) is 0 Å². The first-order chi connectivity index (χ1) is 7.27. The van der Waals surface area contributed by atoms with E-state index in [1.807, 2.05) is 30.4 Å². The SMILES string of the molecule is CC(=O)C1=CCC(c2ccccc2)C=C1. The third kappa shape index (κ3) is 2.24. The van der Waals surface area contributed by atoms with Gasteiger partial charge in [0, 0.05) is 11.5 Å². The predicted octanol–water partition coefficient (Wildman–Crippen LogP) is 3.25. The average Bonchev–Trinajstić information content (AvgIpc) is 2.30. The van der Waals surface area contributed by atoms with E-state index in [-0.39, 0.29) is 5.78 Å². The van der Waals surface area contributed by atoms with Gasteiger partial charge in [0.1, 0.15) is 0 Å². The number of ketones is 1. The molecule has 0 saturated heterocycles. The maximum atomic E-state index is 11.1. The summed E-state index contributed by atoms with van der Waals surface area (Å²) < 4.78 is 0. The summed E-state index contributed by atoms with van der Waals surface area (Å²) in [4.78, 5) is 11.1. The van der Waals surface area contributed by atoms with Crippen LogP contribution in [-0.4, -0.2) is 5.78 Å². The van der Waals surface area contributed by atoms with Gasteiger partial charge in [-0.3, -0.25) is 4.79 Å². The van der Waals surface area contributed by atoms with Gasteiger partial charge in [-0.15, -0.1) is 0 Å². The van der Waals surface area contributed by atoms with Crippen molar-refractivity contribution in [2.45, 2.75) is 19.3 Å². The van der Waals surface area contributed by atoms with E-state index in [2.05, 4.69) is 18.2 Å². The summed E-state index contributed by atoms with van der Waals surface area (Å²) in [6.07, 6.45) is 7.00. The number of Topliss-reactive ketones (excluding diaryl/α,β-unsaturated/α-hetero) is 1. The molecule has 1 unspecified atom stereocenters. The lowest BCUT2D eigenvalue weighted by Gasteiger charge is -2.15. The normalized spacial score (nSPS) is 19.8. The van der Waals surface area contributed by atoms with E-state index in [0.29, 0.717) is 5.92 Å². The molecular weight excluding hydrogens is 184 g/mol. The van der Waals surface area contributed by atoms with Crippen LogP contribution in [0.5, 0.6) is 0 Å². The Bertz CT molecular complexity index is 412. The highest BCUT2D eigenvalue weighted by Crippen LogP contribution is 2.26. The Hall–Kier alpha value is -1.63. The summed E-state index contributed by atoms with van der Waals surface area (Å²) in [5.41, 5.74) is 2.15. The van der Waals surface area contributed by atoms with Crippen LogP contribution in [0.1, 0.15) is 24.8 Å². The van der Waals surface area contributed by atoms with Gasteiger partial charge in [0.05, 0.1) is 0 Å². The van der Waals surface area contributed by atoms with Gasteiger partial charge in [0.25, 0.3) is 0 Å². The number of benzene rings is 1. The fraction of sp³-hybridized carbons (Fsp3) is 0.214. The number of rotatable bonds is 2. The molecule has 0 radical (unpaired) electrons. The first-order valence-corrected chi connectivity index (χ1v) is 5.21. The summed E-state index contributed by atoms with van der Waals surface area (Å²) >= 11 is 0. The second-order valence-corrected chi connectivity index (χ2v) is 3.83. The first-order valence-electron chi connectivity index (χ1n) is 5.21. The smallest absolute Gasteiger partial charge is 0.159 e. The van der Waals surface area contributed by atoms with E-state index in [1.54, 1.807) is 6.92 Å². The van der Waals surface area contributed by atoms with Crippen LogP contribution in [0.15, 0.2) is 54.1 Å². The molecule has 1 aliphatic carbocycles. The van der Waals surface area contributed by atoms with Gasteiger partial charge in [-0.05, 0) is 18.9 Å². The molecule has 15 heavy (non-hydrogen) atoms. The van der Waals surface area contributed by atoms with Crippen molar-refractivity contribution in [1.29, 1.82) is 0 Å². The Morgan fingerprint density at radius 3 is 2.53 bits per heavy atom. The summed E-state index contributed by atoms with van der Waals surface area (Å²) in [6, 6.07) is 10.4. The van der Waals surface area contributed by atoms with Crippen molar-refractivity contribution in [3.05, 3.63) is 59.7 Å². The lowest BCUT2D eigenvalue weighted by atomic mass is 9.89. The molecule has 76 valence electrons. The van der Waals surface area contributed by atoms with Gasteiger partial charge in [-0.1, -0.05) is 48.6 Å². The lowest BCUT2D eigenvalue weighted by Crippen LogP contribution is -2.02. The van der Waals surface area contributed by atoms with Crippen LogP contribution in [0.3, 0.4) is 0 Å². The number of hydrogen-bond donors (Lipinski definition) is 0. The number of hydrogen-bond acceptors (Lipinski definition) is 1. The summed E-state index contributed by atoms with van der Waals surface area (Å²) in [6.45, 7) is 1.61. The van der Waals surface area contributed by atoms with E-state index >= 15 is 0 Å². The summed E-state index contributed by atoms with van der Waals surface area (Å²) in [5.74, 6) is 0.576. The van der Waals surface area contributed by atoms with Crippen molar-refractivity contribution in [2.24, 2.45) is 0 Å². The Kier molecular flexibility index (Phi) is 2.82. The number of carbonyl (C=O) groups is 1. The van der Waals surface area contributed by atoms with Crippen molar-refractivity contribution < 1.29 is 4.79 Å². The fourth-order valence-corrected chi connectivity index (χ4v) is 1.83. The maximum Gasteiger partial charge on any atom is 0.159 e. The molecule has 1 heteroatoms. The van der Waals surface area contributed by atoms with E-state index in [1.165, 1.54) is 5.56 Å². The highest BCUT2D eigenvalue weighted by atomic mass is 16.1. The van der Waals surface area contributed by atoms with Crippen molar-refractivity contribution >= 4 is 5.78 Å². The Labute approximate surface area is 90.1 Å². The van der Waals surface area contributed by atoms with Gasteiger partial charge in [0.2, 0.25) is 0 Å². The molecule has 1 aromatic rings. The largest absolute Gasteiger partial charge is 0.295 e. The zero-order valence-electron chi connectivity index (χ0n) is 8.81. The van der Waals surface area contributed by atoms with Crippen LogP contribution in [-0.2, 0) is 4.79 Å². The zero-order chi connectivity index (χ0) is 10.7. The van der Waals surface area contributed by atoms with Crippen LogP contribution in [0.25, 0.3) is 0 Å². The van der Waals surface area contributed by atoms with Gasteiger partial charge in [-0.2, -0.15) is 0 Å². The van der Waals surface area contributed by atoms with Crippen LogP contribution in [0.2, 0.25) is 0 Å². The molecule has 0 N–H and O–H groups in total. The van der Waals surface area contributed by atoms with Crippen LogP contribution < -0.4 is 0 Å². The lowest BCUT2D eigenvalue weighted by molar-refractivity contribution is -0.113. The molecule has 1 aliphatic rings. The van der Waals surface area contributed by atoms with E-state index < -0.39 is 0 Å². The van der Waals surface area contributed by atoms with Crippen LogP contribution in [0.4, 0.5) is 0 Å². The standard InChI is InChI=1S/C14H14O/c1-11(15)12-7-9-14(10-8-12)13-5-3-2-4-6-13/h2-9,14H,10H2,1H3. The monoisotopic (exact) mass is 198 g/mol. The molecule has 0 fully saturated rings. The number of allylic oxidation sites excluding steroid dienone is 4. The molecule has 0 aromatic heterocycles. The minimum atomic E-state index is 0.151. The van der Waals surface area contributed by atoms with Crippen LogP contribution in [0, 0.1) is 0 Å². The van der Waals surface area contributed by atoms with E-state index in [0.717, 1.165) is 12.0 Å². The Morgan fingerprint density at radius 2 is 2.00 bits per heavy atom. The molecule has 2 rings (SSSR count). The van der Waals surface area contributed by atoms with E-state index in [4.69, 9.17) is 0 Å². The molecular formula is C14H14O. The van der Waals surface area contributed by atoms with Crippen molar-refractivity contribution in [2.75, 3.05) is 0 Å². The molecule has 0 bridgehead atoms. The summed E-state index contributed by atoms with van der Waals surface area (Å²) in [7, 11) is 0. The summed E-state index contributed by atoms with van der Waals surface area (Å²) in [5, 5.41) is 0. The topological polar surface area (TPSA) is 17.1 Å². The predicted molar refractivity (Wildman–Crippen MR) is 61.7 cm³/mol. The first kappa shape index (κ1) is 9.91. The number of carbonyl (C=O) groups excluding carboxylic acids is 1. The second kappa shape index (κ2) is 4.26. The zero-order valence-corrected chi connectivity index (χ0v) is 8.81. The fourth-order valence-electron chi connectivity index (χ4n) is 1.83. The van der Waals surface area contributed by atoms with Crippen molar-refractivity contribution in [3.63, 3.8) is 0 Å². The molecule has 0 heterocycles. The van der Waals surface area contributed by atoms with E-state index in [9.17, 15) is 4.79 Å². The van der Waals surface area contributed by atoms with Crippen LogP contribution >= 0.6 is 0 Å². The Morgan fingerprint density at radius 1 is 1.27 bits per heavy atom. The maximum absolute atomic E-state index is 11.1. The molecule has 1 nitrogen and oxygen atoms in total. The third-order valence-electron chi connectivity index (χ3n) is 2.73. The second-order valence-electron chi connectivity index (χ2n) is 3.83. The minimum Gasteiger partial charge on any atom is -0.295 e. The highest BCUT2D eigenvalue weighted by Gasteiger charge is 2.12. The van der Waals surface area contributed by atoms with Gasteiger partial charge >= 0.3 is 0 Å². The molecule has 0 aliphatic heterocycles. The van der Waals surface area contributed by atoms with Crippen molar-refractivity contribution in [3.8, 4) is 0 Å². The molecule has 0 spiro atoms. The molecule has 1 atom stereocenters. The average molecular weight is 198 g/mol. The van der Waals surface area contributed by atoms with Gasteiger partial charge < -0.3 is 0 Å². The quantitative estimate of drug-likeness (QED) is 0.713. The molecule has 0 amide bonds. The highest BCUT2D eigenvalue weighted by molar-refractivity contribution is 5.96. The Balaban J connectivity index is 2.14. The van der Waals surface area contributed by atoms with Crippen molar-refractivity contribution in [1.82, 2.24) is 0 Å².